The summed E-state index contributed by atoms with van der Waals surface area (Å²) >= 11 is 0. The highest BCUT2D eigenvalue weighted by Gasteiger charge is 2.35. The number of likely N-dealkylation sites (tertiary alicyclic amines) is 1. The fraction of sp³-hybridized carbons (Fsp3) is 0.438. The minimum atomic E-state index is -0.286. The fourth-order valence-corrected chi connectivity index (χ4v) is 3.04. The van der Waals surface area contributed by atoms with Crippen LogP contribution in [0.25, 0.3) is 0 Å². The number of aromatic nitrogens is 2. The van der Waals surface area contributed by atoms with Crippen LogP contribution in [0.5, 0.6) is 0 Å². The third kappa shape index (κ3) is 3.18. The van der Waals surface area contributed by atoms with Gasteiger partial charge in [0, 0.05) is 6.54 Å². The SMILES string of the molecule is Cc1nonc1CNC(=O)N1CCC(C)C1c1cccc(F)c1. The fourth-order valence-electron chi connectivity index (χ4n) is 3.04. The number of nitrogens with one attached hydrogen (secondary N) is 1. The molecule has 2 unspecified atom stereocenters. The molecule has 1 fully saturated rings. The molecule has 1 saturated heterocycles. The normalized spacial score (nSPS) is 20.7. The van der Waals surface area contributed by atoms with Crippen molar-refractivity contribution in [3.05, 3.63) is 47.0 Å². The molecular formula is C16H19FN4O2. The molecule has 0 bridgehead atoms. The van der Waals surface area contributed by atoms with Crippen molar-refractivity contribution < 1.29 is 13.8 Å². The molecule has 23 heavy (non-hydrogen) atoms. The molecule has 0 spiro atoms. The Balaban J connectivity index is 1.72. The first kappa shape index (κ1) is 15.5. The molecule has 6 nitrogen and oxygen atoms in total. The molecule has 1 N–H and O–H groups in total. The largest absolute Gasteiger partial charge is 0.332 e. The van der Waals surface area contributed by atoms with Crippen molar-refractivity contribution in [2.75, 3.05) is 6.54 Å². The molecule has 2 aromatic rings. The van der Waals surface area contributed by atoms with Crippen LogP contribution < -0.4 is 5.32 Å². The predicted molar refractivity (Wildman–Crippen MR) is 80.9 cm³/mol. The van der Waals surface area contributed by atoms with Gasteiger partial charge >= 0.3 is 6.03 Å². The number of carbonyl (C=O) groups is 1. The van der Waals surface area contributed by atoms with Crippen molar-refractivity contribution in [1.82, 2.24) is 20.5 Å². The van der Waals surface area contributed by atoms with E-state index in [2.05, 4.69) is 27.2 Å². The molecule has 1 aromatic carbocycles. The van der Waals surface area contributed by atoms with E-state index >= 15 is 0 Å². The maximum absolute atomic E-state index is 13.5. The summed E-state index contributed by atoms with van der Waals surface area (Å²) in [5.41, 5.74) is 2.08. The Morgan fingerprint density at radius 3 is 3.00 bits per heavy atom. The van der Waals surface area contributed by atoms with Crippen LogP contribution in [-0.4, -0.2) is 27.8 Å². The summed E-state index contributed by atoms with van der Waals surface area (Å²) < 4.78 is 18.1. The van der Waals surface area contributed by atoms with E-state index < -0.39 is 0 Å². The average Bonchev–Trinajstić information content (AvgIpc) is 3.10. The van der Waals surface area contributed by atoms with Crippen molar-refractivity contribution in [1.29, 1.82) is 0 Å². The summed E-state index contributed by atoms with van der Waals surface area (Å²) in [6.07, 6.45) is 0.888. The van der Waals surface area contributed by atoms with E-state index in [1.807, 2.05) is 6.07 Å². The van der Waals surface area contributed by atoms with E-state index in [1.54, 1.807) is 17.9 Å². The standard InChI is InChI=1S/C16H19FN4O2/c1-10-6-7-21(15(10)12-4-3-5-13(17)8-12)16(22)18-9-14-11(2)19-23-20-14/h3-5,8,10,15H,6-7,9H2,1-2H3,(H,18,22). The van der Waals surface area contributed by atoms with Gasteiger partial charge in [-0.2, -0.15) is 0 Å². The first-order chi connectivity index (χ1) is 11.1. The van der Waals surface area contributed by atoms with Gasteiger partial charge in [-0.1, -0.05) is 29.4 Å². The first-order valence-electron chi connectivity index (χ1n) is 7.64. The van der Waals surface area contributed by atoms with Gasteiger partial charge in [0.2, 0.25) is 0 Å². The minimum Gasteiger partial charge on any atom is -0.332 e. The van der Waals surface area contributed by atoms with Gasteiger partial charge in [0.25, 0.3) is 0 Å². The lowest BCUT2D eigenvalue weighted by molar-refractivity contribution is 0.186. The summed E-state index contributed by atoms with van der Waals surface area (Å²) in [6.45, 7) is 4.75. The Labute approximate surface area is 133 Å². The van der Waals surface area contributed by atoms with Crippen molar-refractivity contribution in [3.63, 3.8) is 0 Å². The van der Waals surface area contributed by atoms with Gasteiger partial charge in [-0.25, -0.2) is 13.8 Å². The first-order valence-corrected chi connectivity index (χ1v) is 7.64. The highest BCUT2D eigenvalue weighted by Crippen LogP contribution is 2.37. The van der Waals surface area contributed by atoms with E-state index in [0.29, 0.717) is 17.9 Å². The third-order valence-electron chi connectivity index (χ3n) is 4.30. The number of carbonyl (C=O) groups excluding carboxylic acids is 1. The summed E-state index contributed by atoms with van der Waals surface area (Å²) in [6, 6.07) is 6.14. The van der Waals surface area contributed by atoms with Gasteiger partial charge < -0.3 is 10.2 Å². The Kier molecular flexibility index (Phi) is 4.27. The number of rotatable bonds is 3. The molecule has 0 aliphatic carbocycles. The summed E-state index contributed by atoms with van der Waals surface area (Å²) in [5, 5.41) is 10.3. The zero-order chi connectivity index (χ0) is 16.4. The quantitative estimate of drug-likeness (QED) is 0.944. The zero-order valence-electron chi connectivity index (χ0n) is 13.1. The monoisotopic (exact) mass is 318 g/mol. The number of halogens is 1. The van der Waals surface area contributed by atoms with Crippen LogP contribution >= 0.6 is 0 Å². The second-order valence-electron chi connectivity index (χ2n) is 5.91. The van der Waals surface area contributed by atoms with Gasteiger partial charge in [0.05, 0.1) is 12.6 Å². The van der Waals surface area contributed by atoms with Crippen LogP contribution in [0.3, 0.4) is 0 Å². The summed E-state index contributed by atoms with van der Waals surface area (Å²) in [5.74, 6) is -0.00995. The van der Waals surface area contributed by atoms with E-state index in [-0.39, 0.29) is 30.4 Å². The Morgan fingerprint density at radius 1 is 1.48 bits per heavy atom. The van der Waals surface area contributed by atoms with Gasteiger partial charge in [-0.05, 0) is 37.0 Å². The Hall–Kier alpha value is -2.44. The van der Waals surface area contributed by atoms with Crippen LogP contribution in [0.2, 0.25) is 0 Å². The smallest absolute Gasteiger partial charge is 0.318 e. The van der Waals surface area contributed by atoms with Gasteiger partial charge in [0.15, 0.2) is 0 Å². The number of aryl methyl sites for hydroxylation is 1. The van der Waals surface area contributed by atoms with Crippen molar-refractivity contribution >= 4 is 6.03 Å². The second-order valence-corrected chi connectivity index (χ2v) is 5.91. The van der Waals surface area contributed by atoms with Crippen molar-refractivity contribution in [3.8, 4) is 0 Å². The molecule has 1 aliphatic heterocycles. The lowest BCUT2D eigenvalue weighted by Gasteiger charge is -2.27. The number of hydrogen-bond acceptors (Lipinski definition) is 4. The molecule has 2 amide bonds. The number of urea groups is 1. The van der Waals surface area contributed by atoms with E-state index in [1.165, 1.54) is 12.1 Å². The lowest BCUT2D eigenvalue weighted by atomic mass is 9.95. The Morgan fingerprint density at radius 2 is 2.30 bits per heavy atom. The second kappa shape index (κ2) is 6.36. The molecule has 122 valence electrons. The Bertz CT molecular complexity index is 703. The predicted octanol–water partition coefficient (Wildman–Crippen LogP) is 2.81. The number of benzene rings is 1. The molecule has 1 aliphatic rings. The highest BCUT2D eigenvalue weighted by atomic mass is 19.1. The molecule has 0 radical (unpaired) electrons. The average molecular weight is 318 g/mol. The van der Waals surface area contributed by atoms with Crippen LogP contribution in [-0.2, 0) is 6.54 Å². The van der Waals surface area contributed by atoms with Gasteiger partial charge in [-0.15, -0.1) is 0 Å². The van der Waals surface area contributed by atoms with Crippen molar-refractivity contribution in [2.24, 2.45) is 5.92 Å². The number of nitrogens with zero attached hydrogens (tertiary/aromatic N) is 3. The zero-order valence-corrected chi connectivity index (χ0v) is 13.1. The molecule has 2 atom stereocenters. The number of hydrogen-bond donors (Lipinski definition) is 1. The van der Waals surface area contributed by atoms with Crippen LogP contribution in [0, 0.1) is 18.7 Å². The molecular weight excluding hydrogens is 299 g/mol. The maximum atomic E-state index is 13.5. The third-order valence-corrected chi connectivity index (χ3v) is 4.30. The summed E-state index contributed by atoms with van der Waals surface area (Å²) in [7, 11) is 0. The van der Waals surface area contributed by atoms with Gasteiger partial charge in [0.1, 0.15) is 17.2 Å². The van der Waals surface area contributed by atoms with E-state index in [4.69, 9.17) is 0 Å². The molecule has 0 saturated carbocycles. The lowest BCUT2D eigenvalue weighted by Crippen LogP contribution is -2.40. The molecule has 2 heterocycles. The van der Waals surface area contributed by atoms with Crippen LogP contribution in [0.4, 0.5) is 9.18 Å². The summed E-state index contributed by atoms with van der Waals surface area (Å²) in [4.78, 5) is 14.3. The van der Waals surface area contributed by atoms with E-state index in [9.17, 15) is 9.18 Å². The minimum absolute atomic E-state index is 0.123. The van der Waals surface area contributed by atoms with Crippen LogP contribution in [0.1, 0.15) is 36.3 Å². The molecule has 7 heteroatoms. The highest BCUT2D eigenvalue weighted by molar-refractivity contribution is 5.75. The molecule has 3 rings (SSSR count). The van der Waals surface area contributed by atoms with Gasteiger partial charge in [-0.3, -0.25) is 0 Å². The van der Waals surface area contributed by atoms with Crippen molar-refractivity contribution in [2.45, 2.75) is 32.9 Å². The number of amides is 2. The van der Waals surface area contributed by atoms with Crippen LogP contribution in [0.15, 0.2) is 28.9 Å². The molecule has 1 aromatic heterocycles. The topological polar surface area (TPSA) is 71.3 Å². The van der Waals surface area contributed by atoms with E-state index in [0.717, 1.165) is 12.0 Å². The maximum Gasteiger partial charge on any atom is 0.318 e.